The van der Waals surface area contributed by atoms with Gasteiger partial charge in [0, 0.05) is 54.9 Å². The number of carbonyl (C=O) groups is 2. The first kappa shape index (κ1) is 36.5. The number of nitrogens with one attached hydrogen (secondary N) is 1. The van der Waals surface area contributed by atoms with Gasteiger partial charge in [-0.2, -0.15) is 0 Å². The van der Waals surface area contributed by atoms with Gasteiger partial charge in [0.25, 0.3) is 0 Å². The maximum atomic E-state index is 13.8. The van der Waals surface area contributed by atoms with E-state index in [0.29, 0.717) is 18.5 Å². The predicted octanol–water partition coefficient (Wildman–Crippen LogP) is 5.01. The van der Waals surface area contributed by atoms with Crippen molar-refractivity contribution < 1.29 is 19.4 Å². The van der Waals surface area contributed by atoms with Crippen LogP contribution in [0.25, 0.3) is 22.4 Å². The third kappa shape index (κ3) is 5.77. The van der Waals surface area contributed by atoms with Crippen LogP contribution in [-0.2, 0) is 20.9 Å². The maximum Gasteiger partial charge on any atom is 0.328 e. The second kappa shape index (κ2) is 13.7. The van der Waals surface area contributed by atoms with Gasteiger partial charge in [-0.1, -0.05) is 63.2 Å². The number of aromatic nitrogens is 7. The molecule has 2 N–H and O–H groups in total. The Hall–Kier alpha value is -4.49. The smallest absolute Gasteiger partial charge is 0.328 e. The van der Waals surface area contributed by atoms with E-state index in [2.05, 4.69) is 81.5 Å². The number of piperazine rings is 1. The molecule has 1 aliphatic heterocycles. The topological polar surface area (TPSA) is 153 Å². The third-order valence-corrected chi connectivity index (χ3v) is 14.3. The number of benzene rings is 1. The van der Waals surface area contributed by atoms with Gasteiger partial charge < -0.3 is 24.6 Å². The second-order valence-electron chi connectivity index (χ2n) is 16.9. The number of ether oxygens (including phenoxy) is 1. The number of nitrogens with zero attached hydrogens (tertiary/aromatic N) is 8. The van der Waals surface area contributed by atoms with Crippen molar-refractivity contribution in [2.24, 2.45) is 34.0 Å². The first-order chi connectivity index (χ1) is 25.9. The Morgan fingerprint density at radius 2 is 1.89 bits per heavy atom. The summed E-state index contributed by atoms with van der Waals surface area (Å²) in [6.45, 7) is 18.2. The summed E-state index contributed by atoms with van der Waals surface area (Å²) in [4.78, 5) is 43.7. The van der Waals surface area contributed by atoms with Crippen LogP contribution in [0.4, 0.5) is 5.82 Å². The van der Waals surface area contributed by atoms with Crippen molar-refractivity contribution in [2.45, 2.75) is 91.5 Å². The van der Waals surface area contributed by atoms with Crippen molar-refractivity contribution in [2.75, 3.05) is 31.1 Å². The molecule has 2 bridgehead atoms. The van der Waals surface area contributed by atoms with Crippen LogP contribution < -0.4 is 10.2 Å². The molecule has 3 aliphatic carbocycles. The second-order valence-corrected chi connectivity index (χ2v) is 16.9. The molecule has 13 heteroatoms. The van der Waals surface area contributed by atoms with Gasteiger partial charge in [-0.25, -0.2) is 19.6 Å². The van der Waals surface area contributed by atoms with Gasteiger partial charge in [-0.15, -0.1) is 11.7 Å². The van der Waals surface area contributed by atoms with E-state index < -0.39 is 29.0 Å². The van der Waals surface area contributed by atoms with Crippen molar-refractivity contribution in [1.82, 2.24) is 39.8 Å². The molecule has 4 aromatic rings. The number of aliphatic hydroxyl groups is 1. The normalized spacial score (nSPS) is 33.2. The van der Waals surface area contributed by atoms with Gasteiger partial charge in [0.1, 0.15) is 30.5 Å². The largest absolute Gasteiger partial charge is 0.460 e. The number of ketones is 1. The number of fused-ring (bicyclic) bond motifs is 1. The van der Waals surface area contributed by atoms with Gasteiger partial charge in [-0.05, 0) is 55.4 Å². The highest BCUT2D eigenvalue weighted by Gasteiger charge is 2.68. The fraction of sp³-hybridized carbons (Fsp3) is 0.585. The minimum absolute atomic E-state index is 0.0285. The number of anilines is 1. The van der Waals surface area contributed by atoms with Gasteiger partial charge >= 0.3 is 5.97 Å². The Morgan fingerprint density at radius 3 is 2.63 bits per heavy atom. The lowest BCUT2D eigenvalue weighted by atomic mass is 9.44. The Morgan fingerprint density at radius 1 is 1.13 bits per heavy atom. The van der Waals surface area contributed by atoms with E-state index in [1.165, 1.54) is 4.68 Å². The maximum absolute atomic E-state index is 13.8. The van der Waals surface area contributed by atoms with E-state index in [4.69, 9.17) is 9.72 Å². The van der Waals surface area contributed by atoms with Gasteiger partial charge in [0.2, 0.25) is 0 Å². The van der Waals surface area contributed by atoms with Crippen molar-refractivity contribution in [1.29, 1.82) is 0 Å². The molecule has 0 unspecified atom stereocenters. The summed E-state index contributed by atoms with van der Waals surface area (Å²) in [6.07, 6.45) is 9.20. The Balaban J connectivity index is 0.986. The molecule has 3 saturated carbocycles. The Kier molecular flexibility index (Phi) is 9.23. The number of hydrogen-bond acceptors (Lipinski definition) is 11. The van der Waals surface area contributed by atoms with Crippen molar-refractivity contribution in [3.8, 4) is 11.3 Å². The SMILES string of the molecule is C=C[C@]1(C)C[C@@H](OC(=O)Cn2cc(-c3ccc([C@H](C)n4cnc5c(N6CCNCC6)ncnc54)cc3)nn2)[C@]2(C)[C@H](C)CC[C@]3(CCC(=O)[C@H]32)[C@@H](C)[C@@H]1O. The third-order valence-electron chi connectivity index (χ3n) is 14.3. The van der Waals surface area contributed by atoms with E-state index in [1.807, 2.05) is 31.5 Å². The molecule has 8 rings (SSSR count). The monoisotopic (exact) mass is 735 g/mol. The van der Waals surface area contributed by atoms with E-state index >= 15 is 0 Å². The fourth-order valence-electron chi connectivity index (χ4n) is 10.7. The van der Waals surface area contributed by atoms with Gasteiger partial charge in [0.05, 0.1) is 24.7 Å². The Labute approximate surface area is 316 Å². The molecule has 4 aliphatic rings. The minimum Gasteiger partial charge on any atom is -0.460 e. The van der Waals surface area contributed by atoms with Crippen LogP contribution in [0.3, 0.4) is 0 Å². The highest BCUT2D eigenvalue weighted by molar-refractivity contribution is 5.86. The van der Waals surface area contributed by atoms with Crippen LogP contribution >= 0.6 is 0 Å². The zero-order valence-corrected chi connectivity index (χ0v) is 32.1. The average Bonchev–Trinajstić information content (AvgIpc) is 3.93. The molecule has 0 amide bonds. The summed E-state index contributed by atoms with van der Waals surface area (Å²) in [5, 5.41) is 23.9. The first-order valence-electron chi connectivity index (χ1n) is 19.6. The molecule has 54 heavy (non-hydrogen) atoms. The summed E-state index contributed by atoms with van der Waals surface area (Å²) < 4.78 is 10.0. The number of imidazole rings is 1. The highest BCUT2D eigenvalue weighted by Crippen LogP contribution is 2.68. The van der Waals surface area contributed by atoms with Crippen molar-refractivity contribution in [3.05, 3.63) is 61.3 Å². The Bertz CT molecular complexity index is 2060. The van der Waals surface area contributed by atoms with E-state index in [1.54, 1.807) is 12.5 Å². The van der Waals surface area contributed by atoms with E-state index in [9.17, 15) is 14.7 Å². The lowest BCUT2D eigenvalue weighted by Gasteiger charge is -2.61. The number of esters is 1. The van der Waals surface area contributed by atoms with E-state index in [0.717, 1.165) is 73.6 Å². The molecule has 13 nitrogen and oxygen atoms in total. The predicted molar refractivity (Wildman–Crippen MR) is 204 cm³/mol. The summed E-state index contributed by atoms with van der Waals surface area (Å²) in [6, 6.07) is 8.11. The molecule has 9 atom stereocenters. The number of aliphatic hydroxyl groups excluding tert-OH is 1. The molecule has 4 heterocycles. The minimum atomic E-state index is -0.710. The molecule has 0 radical (unpaired) electrons. The quantitative estimate of drug-likeness (QED) is 0.186. The van der Waals surface area contributed by atoms with Crippen LogP contribution in [0.15, 0.2) is 55.8 Å². The summed E-state index contributed by atoms with van der Waals surface area (Å²) in [5.74, 6) is 0.465. The summed E-state index contributed by atoms with van der Waals surface area (Å²) >= 11 is 0. The first-order valence-corrected chi connectivity index (χ1v) is 19.6. The van der Waals surface area contributed by atoms with Crippen molar-refractivity contribution in [3.63, 3.8) is 0 Å². The van der Waals surface area contributed by atoms with Gasteiger partial charge in [-0.3, -0.25) is 9.59 Å². The number of Topliss-reactive ketones (excluding diaryl/α,β-unsaturated/α-hetero) is 1. The van der Waals surface area contributed by atoms with Crippen LogP contribution in [-0.4, -0.2) is 89.8 Å². The van der Waals surface area contributed by atoms with Crippen LogP contribution in [0.2, 0.25) is 0 Å². The lowest BCUT2D eigenvalue weighted by Crippen LogP contribution is -2.63. The average molecular weight is 736 g/mol. The van der Waals surface area contributed by atoms with Crippen LogP contribution in [0.5, 0.6) is 0 Å². The zero-order valence-electron chi connectivity index (χ0n) is 32.1. The molecule has 1 aromatic carbocycles. The molecule has 4 fully saturated rings. The molecule has 3 aromatic heterocycles. The molecular weight excluding hydrogens is 683 g/mol. The molecular formula is C41H53N9O4. The van der Waals surface area contributed by atoms with Gasteiger partial charge in [0.15, 0.2) is 17.0 Å². The highest BCUT2D eigenvalue weighted by atomic mass is 16.5. The summed E-state index contributed by atoms with van der Waals surface area (Å²) in [5.41, 5.74) is 2.60. The molecule has 0 spiro atoms. The molecule has 1 saturated heterocycles. The molecule has 286 valence electrons. The number of carbonyl (C=O) groups excluding carboxylic acids is 2. The standard InChI is InChI=1S/C41H53N9O4/c1-7-39(5)20-32(40(6)25(2)12-14-41(26(3)36(39)53)15-13-31(51)35(40)41)54-33(52)22-49-21-30(46-47-49)29-10-8-28(9-11-29)27(4)50-24-45-34-37(43-23-44-38(34)50)48-18-16-42-17-19-48/h7-11,21,23-27,32,35-36,42,53H,1,12-20,22H2,2-6H3/t25-,26+,27+,32-,35+,36+,39-,40+,41+/m1/s1. The number of hydrogen-bond donors (Lipinski definition) is 2. The van der Waals surface area contributed by atoms with E-state index in [-0.39, 0.29) is 41.5 Å². The van der Waals surface area contributed by atoms with Crippen LogP contribution in [0, 0.1) is 34.0 Å². The zero-order chi connectivity index (χ0) is 38.0. The summed E-state index contributed by atoms with van der Waals surface area (Å²) in [7, 11) is 0. The lowest BCUT2D eigenvalue weighted by molar-refractivity contribution is -0.207. The fourth-order valence-corrected chi connectivity index (χ4v) is 10.7. The van der Waals surface area contributed by atoms with Crippen molar-refractivity contribution >= 4 is 28.7 Å². The number of rotatable bonds is 8. The van der Waals surface area contributed by atoms with Crippen LogP contribution in [0.1, 0.15) is 78.3 Å².